The van der Waals surface area contributed by atoms with Crippen LogP contribution in [-0.2, 0) is 0 Å². The van der Waals surface area contributed by atoms with Crippen molar-refractivity contribution in [1.29, 1.82) is 0 Å². The van der Waals surface area contributed by atoms with E-state index in [9.17, 15) is 4.79 Å². The molecule has 0 atom stereocenters. The minimum atomic E-state index is -0.313. The molecular weight excluding hydrogens is 326 g/mol. The lowest BCUT2D eigenvalue weighted by Gasteiger charge is -2.15. The van der Waals surface area contributed by atoms with E-state index in [4.69, 9.17) is 0 Å². The van der Waals surface area contributed by atoms with Gasteiger partial charge in [0.1, 0.15) is 5.82 Å². The predicted octanol–water partition coefficient (Wildman–Crippen LogP) is 3.18. The highest BCUT2D eigenvalue weighted by Crippen LogP contribution is 2.41. The third kappa shape index (κ3) is 2.75. The first-order chi connectivity index (χ1) is 12.7. The average molecular weight is 347 g/mol. The van der Waals surface area contributed by atoms with E-state index in [0.29, 0.717) is 29.2 Å². The van der Waals surface area contributed by atoms with Crippen LogP contribution >= 0.6 is 0 Å². The number of anilines is 1. The third-order valence-electron chi connectivity index (χ3n) is 5.29. The molecule has 0 aliphatic heterocycles. The molecule has 6 heteroatoms. The summed E-state index contributed by atoms with van der Waals surface area (Å²) >= 11 is 0. The van der Waals surface area contributed by atoms with E-state index in [1.54, 1.807) is 17.0 Å². The van der Waals surface area contributed by atoms with Gasteiger partial charge in [-0.2, -0.15) is 4.98 Å². The Morgan fingerprint density at radius 1 is 1.15 bits per heavy atom. The first kappa shape index (κ1) is 15.5. The molecule has 3 aromatic rings. The van der Waals surface area contributed by atoms with Crippen molar-refractivity contribution in [2.45, 2.75) is 38.5 Å². The van der Waals surface area contributed by atoms with Gasteiger partial charge in [0.25, 0.3) is 0 Å². The Hall–Kier alpha value is -2.76. The summed E-state index contributed by atoms with van der Waals surface area (Å²) in [6.45, 7) is 2.74. The molecule has 1 aromatic carbocycles. The second kappa shape index (κ2) is 5.90. The molecule has 0 radical (unpaired) electrons. The molecule has 2 aromatic heterocycles. The van der Waals surface area contributed by atoms with Crippen LogP contribution in [0.2, 0.25) is 0 Å². The molecule has 1 N–H and O–H groups in total. The molecule has 5 rings (SSSR count). The molecule has 0 unspecified atom stereocenters. The first-order valence-electron chi connectivity index (χ1n) is 9.29. The highest BCUT2D eigenvalue weighted by atomic mass is 16.1. The van der Waals surface area contributed by atoms with E-state index >= 15 is 0 Å². The summed E-state index contributed by atoms with van der Waals surface area (Å²) in [5, 5.41) is 4.35. The molecule has 6 nitrogen and oxygen atoms in total. The SMILES string of the molecule is Cc1nccnc1-n1c(=O)nc(NCC2CC2)c2ccc(C3CC3)cc21. The monoisotopic (exact) mass is 347 g/mol. The van der Waals surface area contributed by atoms with Gasteiger partial charge < -0.3 is 5.32 Å². The Kier molecular flexibility index (Phi) is 3.51. The summed E-state index contributed by atoms with van der Waals surface area (Å²) in [7, 11) is 0. The lowest BCUT2D eigenvalue weighted by atomic mass is 10.1. The highest BCUT2D eigenvalue weighted by molar-refractivity contribution is 5.90. The van der Waals surface area contributed by atoms with E-state index in [1.807, 2.05) is 6.92 Å². The fourth-order valence-corrected chi connectivity index (χ4v) is 3.44. The van der Waals surface area contributed by atoms with Crippen LogP contribution in [0.4, 0.5) is 5.82 Å². The molecule has 2 saturated carbocycles. The number of nitrogens with zero attached hydrogens (tertiary/aromatic N) is 4. The van der Waals surface area contributed by atoms with E-state index in [2.05, 4.69) is 38.5 Å². The summed E-state index contributed by atoms with van der Waals surface area (Å²) in [5.41, 5.74) is 2.54. The summed E-state index contributed by atoms with van der Waals surface area (Å²) in [5.74, 6) is 2.55. The van der Waals surface area contributed by atoms with Crippen molar-refractivity contribution in [1.82, 2.24) is 19.5 Å². The maximum atomic E-state index is 12.9. The fraction of sp³-hybridized carbons (Fsp3) is 0.400. The van der Waals surface area contributed by atoms with Crippen molar-refractivity contribution in [2.24, 2.45) is 5.92 Å². The lowest BCUT2D eigenvalue weighted by molar-refractivity contribution is 0.863. The van der Waals surface area contributed by atoms with Crippen molar-refractivity contribution in [3.8, 4) is 5.82 Å². The zero-order valence-electron chi connectivity index (χ0n) is 14.8. The number of aromatic nitrogens is 4. The second-order valence-electron chi connectivity index (χ2n) is 7.42. The zero-order chi connectivity index (χ0) is 17.7. The predicted molar refractivity (Wildman–Crippen MR) is 101 cm³/mol. The Morgan fingerprint density at radius 3 is 2.69 bits per heavy atom. The van der Waals surface area contributed by atoms with Crippen LogP contribution in [0.3, 0.4) is 0 Å². The van der Waals surface area contributed by atoms with Crippen LogP contribution in [0.5, 0.6) is 0 Å². The molecule has 26 heavy (non-hydrogen) atoms. The number of hydrogen-bond acceptors (Lipinski definition) is 5. The summed E-state index contributed by atoms with van der Waals surface area (Å²) < 4.78 is 1.60. The number of nitrogens with one attached hydrogen (secondary N) is 1. The van der Waals surface area contributed by atoms with E-state index < -0.39 is 0 Å². The molecular formula is C20H21N5O. The Labute approximate surface area is 151 Å². The quantitative estimate of drug-likeness (QED) is 0.767. The van der Waals surface area contributed by atoms with Crippen LogP contribution in [-0.4, -0.2) is 26.1 Å². The fourth-order valence-electron chi connectivity index (χ4n) is 3.44. The number of benzene rings is 1. The average Bonchev–Trinajstić information content (AvgIpc) is 3.54. The van der Waals surface area contributed by atoms with Gasteiger partial charge in [0.2, 0.25) is 0 Å². The first-order valence-corrected chi connectivity index (χ1v) is 9.29. The summed E-state index contributed by atoms with van der Waals surface area (Å²) in [6.07, 6.45) is 8.21. The van der Waals surface area contributed by atoms with Gasteiger partial charge in [0.15, 0.2) is 5.82 Å². The molecule has 2 heterocycles. The molecule has 0 spiro atoms. The van der Waals surface area contributed by atoms with Gasteiger partial charge in [-0.15, -0.1) is 0 Å². The smallest absolute Gasteiger partial charge is 0.355 e. The zero-order valence-corrected chi connectivity index (χ0v) is 14.8. The van der Waals surface area contributed by atoms with Gasteiger partial charge >= 0.3 is 5.69 Å². The molecule has 2 aliphatic carbocycles. The Bertz CT molecular complexity index is 1050. The molecule has 2 aliphatic rings. The largest absolute Gasteiger partial charge is 0.369 e. The molecule has 132 valence electrons. The maximum Gasteiger partial charge on any atom is 0.355 e. The molecule has 0 bridgehead atoms. The summed E-state index contributed by atoms with van der Waals surface area (Å²) in [4.78, 5) is 25.9. The van der Waals surface area contributed by atoms with Crippen molar-refractivity contribution in [3.63, 3.8) is 0 Å². The van der Waals surface area contributed by atoms with Gasteiger partial charge in [-0.3, -0.25) is 4.98 Å². The van der Waals surface area contributed by atoms with Gasteiger partial charge in [-0.25, -0.2) is 14.3 Å². The standard InChI is InChI=1S/C20H21N5O/c1-12-19(22-9-8-21-12)25-17-10-15(14-4-5-14)6-7-16(17)18(24-20(25)26)23-11-13-2-3-13/h6-10,13-14H,2-5,11H2,1H3,(H,23,24,26). The number of fused-ring (bicyclic) bond motifs is 1. The van der Waals surface area contributed by atoms with Crippen molar-refractivity contribution in [2.75, 3.05) is 11.9 Å². The third-order valence-corrected chi connectivity index (χ3v) is 5.29. The van der Waals surface area contributed by atoms with E-state index in [-0.39, 0.29) is 5.69 Å². The number of aryl methyl sites for hydroxylation is 1. The topological polar surface area (TPSA) is 72.7 Å². The van der Waals surface area contributed by atoms with Crippen LogP contribution in [0, 0.1) is 12.8 Å². The second-order valence-corrected chi connectivity index (χ2v) is 7.42. The van der Waals surface area contributed by atoms with Gasteiger partial charge in [0, 0.05) is 24.3 Å². The molecule has 0 amide bonds. The normalized spacial score (nSPS) is 16.8. The lowest BCUT2D eigenvalue weighted by Crippen LogP contribution is -2.25. The van der Waals surface area contributed by atoms with Gasteiger partial charge in [-0.1, -0.05) is 6.07 Å². The van der Waals surface area contributed by atoms with E-state index in [1.165, 1.54) is 31.2 Å². The summed E-state index contributed by atoms with van der Waals surface area (Å²) in [6, 6.07) is 6.39. The van der Waals surface area contributed by atoms with Crippen LogP contribution in [0.15, 0.2) is 35.4 Å². The van der Waals surface area contributed by atoms with E-state index in [0.717, 1.165) is 17.4 Å². The van der Waals surface area contributed by atoms with Crippen molar-refractivity contribution in [3.05, 3.63) is 52.3 Å². The molecule has 2 fully saturated rings. The van der Waals surface area contributed by atoms with Gasteiger partial charge in [-0.05, 0) is 62.1 Å². The van der Waals surface area contributed by atoms with Crippen molar-refractivity contribution < 1.29 is 0 Å². The van der Waals surface area contributed by atoms with Crippen molar-refractivity contribution >= 4 is 16.7 Å². The highest BCUT2D eigenvalue weighted by Gasteiger charge is 2.25. The van der Waals surface area contributed by atoms with Gasteiger partial charge in [0.05, 0.1) is 11.2 Å². The molecule has 0 saturated heterocycles. The van der Waals surface area contributed by atoms with Crippen LogP contribution in [0.25, 0.3) is 16.7 Å². The van der Waals surface area contributed by atoms with Crippen LogP contribution in [0.1, 0.15) is 42.9 Å². The number of rotatable bonds is 5. The maximum absolute atomic E-state index is 12.9. The van der Waals surface area contributed by atoms with Crippen LogP contribution < -0.4 is 11.0 Å². The minimum absolute atomic E-state index is 0.313. The Morgan fingerprint density at radius 2 is 1.96 bits per heavy atom. The Balaban J connectivity index is 1.73. The minimum Gasteiger partial charge on any atom is -0.369 e. The number of hydrogen-bond donors (Lipinski definition) is 1.